The van der Waals surface area contributed by atoms with Crippen molar-refractivity contribution < 1.29 is 22.7 Å². The summed E-state index contributed by atoms with van der Waals surface area (Å²) in [4.78, 5) is 29.4. The van der Waals surface area contributed by atoms with Crippen molar-refractivity contribution in [2.24, 2.45) is 0 Å². The molecule has 8 nitrogen and oxygen atoms in total. The summed E-state index contributed by atoms with van der Waals surface area (Å²) in [5.74, 6) is -0.176. The third-order valence-corrected chi connectivity index (χ3v) is 8.83. The number of anilines is 1. The van der Waals surface area contributed by atoms with E-state index in [0.717, 1.165) is 14.8 Å². The lowest BCUT2D eigenvalue weighted by atomic mass is 10.1. The molecule has 0 spiro atoms. The molecule has 214 valence electrons. The number of ether oxygens (including phenoxy) is 1. The van der Waals surface area contributed by atoms with Gasteiger partial charge in [0.25, 0.3) is 10.0 Å². The summed E-state index contributed by atoms with van der Waals surface area (Å²) in [5.41, 5.74) is 1.15. The van der Waals surface area contributed by atoms with E-state index in [9.17, 15) is 18.0 Å². The molecule has 3 aromatic carbocycles. The Labute approximate surface area is 241 Å². The van der Waals surface area contributed by atoms with Crippen LogP contribution in [-0.4, -0.2) is 57.1 Å². The molecule has 0 aliphatic carbocycles. The molecule has 0 saturated heterocycles. The maximum Gasteiger partial charge on any atom is 0.264 e. The van der Waals surface area contributed by atoms with Crippen LogP contribution >= 0.6 is 11.8 Å². The summed E-state index contributed by atoms with van der Waals surface area (Å²) in [6.07, 6.45) is 2.28. The second-order valence-electron chi connectivity index (χ2n) is 8.94. The topological polar surface area (TPSA) is 96.0 Å². The van der Waals surface area contributed by atoms with Crippen LogP contribution in [0.3, 0.4) is 0 Å². The van der Waals surface area contributed by atoms with E-state index >= 15 is 0 Å². The molecule has 0 saturated carbocycles. The Morgan fingerprint density at radius 3 is 2.12 bits per heavy atom. The molecule has 3 rings (SSSR count). The third-order valence-electron chi connectivity index (χ3n) is 6.29. The SMILES string of the molecule is CCNC(=O)[C@H](CC)N(Cc1ccccc1)C(=O)CN(c1ccc(OCC)cc1)S(=O)(=O)c1ccc(SC)cc1. The van der Waals surface area contributed by atoms with Crippen LogP contribution in [0.25, 0.3) is 0 Å². The monoisotopic (exact) mass is 583 g/mol. The molecular formula is C30H37N3O5S2. The van der Waals surface area contributed by atoms with Gasteiger partial charge < -0.3 is 15.0 Å². The van der Waals surface area contributed by atoms with E-state index in [1.165, 1.54) is 16.7 Å². The quantitative estimate of drug-likeness (QED) is 0.270. The molecule has 0 heterocycles. The molecular weight excluding hydrogens is 546 g/mol. The number of hydrogen-bond donors (Lipinski definition) is 1. The van der Waals surface area contributed by atoms with Crippen molar-refractivity contribution in [2.45, 2.75) is 49.6 Å². The van der Waals surface area contributed by atoms with Gasteiger partial charge in [-0.25, -0.2) is 8.42 Å². The standard InChI is InChI=1S/C30H37N3O5S2/c1-5-28(30(35)31-6-2)32(21-23-11-9-8-10-12-23)29(34)22-33(24-13-15-25(16-14-24)38-7-3)40(36,37)27-19-17-26(39-4)18-20-27/h8-20,28H,5-7,21-22H2,1-4H3,(H,31,35)/t28-/m0/s1. The second-order valence-corrected chi connectivity index (χ2v) is 11.7. The summed E-state index contributed by atoms with van der Waals surface area (Å²) in [7, 11) is -4.13. The number of thioether (sulfide) groups is 1. The van der Waals surface area contributed by atoms with Gasteiger partial charge in [-0.3, -0.25) is 13.9 Å². The van der Waals surface area contributed by atoms with Gasteiger partial charge >= 0.3 is 0 Å². The van der Waals surface area contributed by atoms with Crippen molar-refractivity contribution >= 4 is 39.3 Å². The molecule has 0 radical (unpaired) electrons. The third kappa shape index (κ3) is 7.79. The fourth-order valence-corrected chi connectivity index (χ4v) is 6.09. The zero-order valence-corrected chi connectivity index (χ0v) is 25.0. The highest BCUT2D eigenvalue weighted by Gasteiger charge is 2.33. The Morgan fingerprint density at radius 1 is 0.925 bits per heavy atom. The van der Waals surface area contributed by atoms with E-state index in [1.54, 1.807) is 48.5 Å². The first-order valence-corrected chi connectivity index (χ1v) is 15.9. The van der Waals surface area contributed by atoms with Gasteiger partial charge in [-0.05, 0) is 80.6 Å². The van der Waals surface area contributed by atoms with Crippen molar-refractivity contribution in [3.05, 3.63) is 84.4 Å². The first kappa shape index (κ1) is 31.0. The van der Waals surface area contributed by atoms with E-state index in [-0.39, 0.29) is 17.3 Å². The fraction of sp³-hybridized carbons (Fsp3) is 0.333. The molecule has 0 fully saturated rings. The van der Waals surface area contributed by atoms with Gasteiger partial charge in [-0.2, -0.15) is 0 Å². The number of hydrogen-bond acceptors (Lipinski definition) is 6. The highest BCUT2D eigenvalue weighted by Crippen LogP contribution is 2.28. The molecule has 3 aromatic rings. The van der Waals surface area contributed by atoms with Crippen LogP contribution in [0.1, 0.15) is 32.8 Å². The lowest BCUT2D eigenvalue weighted by Crippen LogP contribution is -2.52. The molecule has 0 aliphatic rings. The predicted octanol–water partition coefficient (Wildman–Crippen LogP) is 4.95. The predicted molar refractivity (Wildman–Crippen MR) is 160 cm³/mol. The van der Waals surface area contributed by atoms with Gasteiger partial charge in [-0.15, -0.1) is 11.8 Å². The van der Waals surface area contributed by atoms with Crippen LogP contribution in [-0.2, 0) is 26.2 Å². The minimum Gasteiger partial charge on any atom is -0.494 e. The first-order chi connectivity index (χ1) is 19.2. The van der Waals surface area contributed by atoms with E-state index in [2.05, 4.69) is 5.32 Å². The smallest absolute Gasteiger partial charge is 0.264 e. The van der Waals surface area contributed by atoms with Crippen LogP contribution in [0.15, 0.2) is 88.7 Å². The van der Waals surface area contributed by atoms with Gasteiger partial charge in [-0.1, -0.05) is 37.3 Å². The first-order valence-electron chi connectivity index (χ1n) is 13.3. The Bertz CT molecular complexity index is 1350. The Morgan fingerprint density at radius 2 is 1.57 bits per heavy atom. The van der Waals surface area contributed by atoms with Crippen molar-refractivity contribution in [1.82, 2.24) is 10.2 Å². The highest BCUT2D eigenvalue weighted by molar-refractivity contribution is 7.98. The molecule has 0 aromatic heterocycles. The summed E-state index contributed by atoms with van der Waals surface area (Å²) in [5, 5.41) is 2.81. The number of nitrogens with one attached hydrogen (secondary N) is 1. The molecule has 1 N–H and O–H groups in total. The van der Waals surface area contributed by atoms with Crippen LogP contribution in [0, 0.1) is 0 Å². The van der Waals surface area contributed by atoms with Gasteiger partial charge in [0.1, 0.15) is 18.3 Å². The summed E-state index contributed by atoms with van der Waals surface area (Å²) < 4.78 is 34.6. The molecule has 2 amide bonds. The molecule has 10 heteroatoms. The summed E-state index contributed by atoms with van der Waals surface area (Å²) in [6, 6.07) is 21.7. The van der Waals surface area contributed by atoms with E-state index in [1.807, 2.05) is 57.4 Å². The zero-order valence-electron chi connectivity index (χ0n) is 23.4. The lowest BCUT2D eigenvalue weighted by molar-refractivity contribution is -0.140. The van der Waals surface area contributed by atoms with Gasteiger partial charge in [0.2, 0.25) is 11.8 Å². The Balaban J connectivity index is 2.05. The minimum atomic E-state index is -4.13. The number of carbonyl (C=O) groups is 2. The minimum absolute atomic E-state index is 0.0670. The molecule has 0 aliphatic heterocycles. The maximum absolute atomic E-state index is 14.0. The van der Waals surface area contributed by atoms with Crippen LogP contribution in [0.2, 0.25) is 0 Å². The molecule has 0 bridgehead atoms. The van der Waals surface area contributed by atoms with E-state index in [4.69, 9.17) is 4.74 Å². The van der Waals surface area contributed by atoms with E-state index < -0.39 is 28.5 Å². The molecule has 0 unspecified atom stereocenters. The van der Waals surface area contributed by atoms with Crippen molar-refractivity contribution in [2.75, 3.05) is 30.3 Å². The average Bonchev–Trinajstić information content (AvgIpc) is 2.97. The number of nitrogens with zero attached hydrogens (tertiary/aromatic N) is 2. The highest BCUT2D eigenvalue weighted by atomic mass is 32.2. The molecule has 40 heavy (non-hydrogen) atoms. The maximum atomic E-state index is 14.0. The fourth-order valence-electron chi connectivity index (χ4n) is 4.27. The number of benzene rings is 3. The van der Waals surface area contributed by atoms with Gasteiger partial charge in [0.15, 0.2) is 0 Å². The summed E-state index contributed by atoms with van der Waals surface area (Å²) >= 11 is 1.51. The Kier molecular flexibility index (Phi) is 11.5. The number of carbonyl (C=O) groups excluding carboxylic acids is 2. The number of amides is 2. The largest absolute Gasteiger partial charge is 0.494 e. The van der Waals surface area contributed by atoms with Crippen molar-refractivity contribution in [3.63, 3.8) is 0 Å². The number of likely N-dealkylation sites (N-methyl/N-ethyl adjacent to an activating group) is 1. The number of sulfonamides is 1. The summed E-state index contributed by atoms with van der Waals surface area (Å²) in [6.45, 7) is 6.08. The number of rotatable bonds is 14. The molecule has 1 atom stereocenters. The van der Waals surface area contributed by atoms with Crippen molar-refractivity contribution in [3.8, 4) is 5.75 Å². The van der Waals surface area contributed by atoms with Crippen LogP contribution < -0.4 is 14.4 Å². The Hall–Kier alpha value is -3.50. The van der Waals surface area contributed by atoms with Crippen molar-refractivity contribution in [1.29, 1.82) is 0 Å². The van der Waals surface area contributed by atoms with Crippen LogP contribution in [0.4, 0.5) is 5.69 Å². The van der Waals surface area contributed by atoms with Gasteiger partial charge in [0.05, 0.1) is 17.2 Å². The average molecular weight is 584 g/mol. The van der Waals surface area contributed by atoms with E-state index in [0.29, 0.717) is 31.0 Å². The lowest BCUT2D eigenvalue weighted by Gasteiger charge is -2.33. The van der Waals surface area contributed by atoms with Crippen LogP contribution in [0.5, 0.6) is 5.75 Å². The zero-order chi connectivity index (χ0) is 29.1. The van der Waals surface area contributed by atoms with Gasteiger partial charge in [0, 0.05) is 18.0 Å². The second kappa shape index (κ2) is 14.8. The normalized spacial score (nSPS) is 11.9.